The quantitative estimate of drug-likeness (QED) is 0.577. The molecule has 0 aliphatic rings. The van der Waals surface area contributed by atoms with E-state index < -0.39 is 11.9 Å². The van der Waals surface area contributed by atoms with Crippen LogP contribution in [0.3, 0.4) is 0 Å². The van der Waals surface area contributed by atoms with Crippen LogP contribution in [0.1, 0.15) is 40.3 Å². The molecule has 3 rings (SSSR count). The Bertz CT molecular complexity index is 1010. The minimum absolute atomic E-state index is 0.00918. The first-order valence-corrected chi connectivity index (χ1v) is 9.44. The molecule has 0 fully saturated rings. The molecule has 2 heterocycles. The number of halogens is 1. The molecule has 1 N–H and O–H groups in total. The van der Waals surface area contributed by atoms with E-state index in [9.17, 15) is 9.59 Å². The van der Waals surface area contributed by atoms with Crippen molar-refractivity contribution >= 4 is 56.1 Å². The third-order valence-electron chi connectivity index (χ3n) is 3.61. The van der Waals surface area contributed by atoms with Crippen molar-refractivity contribution in [2.75, 3.05) is 18.5 Å². The third-order valence-corrected chi connectivity index (χ3v) is 4.78. The molecule has 0 amide bonds. The molecule has 0 atom stereocenters. The van der Waals surface area contributed by atoms with Gasteiger partial charge in [0.1, 0.15) is 16.9 Å². The number of anilines is 2. The fraction of sp³-hybridized carbons (Fsp3) is 0.278. The molecule has 0 bridgehead atoms. The molecule has 0 radical (unpaired) electrons. The van der Waals surface area contributed by atoms with Crippen LogP contribution in [-0.4, -0.2) is 30.1 Å². The van der Waals surface area contributed by atoms with Crippen LogP contribution in [0.15, 0.2) is 22.6 Å². The number of carbonyl (C=O) groups is 2. The number of thiazole rings is 1. The predicted molar refractivity (Wildman–Crippen MR) is 103 cm³/mol. The van der Waals surface area contributed by atoms with Gasteiger partial charge in [-0.15, -0.1) is 0 Å². The van der Waals surface area contributed by atoms with Crippen molar-refractivity contribution in [2.45, 2.75) is 20.8 Å². The molecule has 0 saturated heterocycles. The molecule has 9 heteroatoms. The fourth-order valence-corrected chi connectivity index (χ4v) is 3.67. The van der Waals surface area contributed by atoms with Gasteiger partial charge in [-0.25, -0.2) is 14.6 Å². The first-order chi connectivity index (χ1) is 12.9. The summed E-state index contributed by atoms with van der Waals surface area (Å²) in [4.78, 5) is 29.2. The van der Waals surface area contributed by atoms with Gasteiger partial charge in [0.05, 0.1) is 23.4 Å². The number of fused-ring (bicyclic) bond motifs is 1. The van der Waals surface area contributed by atoms with E-state index in [1.54, 1.807) is 39.0 Å². The lowest BCUT2D eigenvalue weighted by atomic mass is 10.1. The fourth-order valence-electron chi connectivity index (χ4n) is 2.53. The molecule has 0 saturated carbocycles. The summed E-state index contributed by atoms with van der Waals surface area (Å²) < 4.78 is 16.6. The Labute approximate surface area is 164 Å². The van der Waals surface area contributed by atoms with E-state index in [2.05, 4.69) is 10.3 Å². The largest absolute Gasteiger partial charge is 0.462 e. The number of rotatable bonds is 6. The molecule has 1 aromatic carbocycles. The van der Waals surface area contributed by atoms with E-state index in [0.29, 0.717) is 10.2 Å². The van der Waals surface area contributed by atoms with E-state index in [-0.39, 0.29) is 36.0 Å². The topological polar surface area (TPSA) is 90.7 Å². The van der Waals surface area contributed by atoms with Gasteiger partial charge in [-0.2, -0.15) is 0 Å². The van der Waals surface area contributed by atoms with Gasteiger partial charge in [0.2, 0.25) is 5.88 Å². The average Bonchev–Trinajstić information content (AvgIpc) is 3.15. The molecule has 2 aromatic heterocycles. The number of hydrogen-bond acceptors (Lipinski definition) is 8. The van der Waals surface area contributed by atoms with Gasteiger partial charge in [-0.1, -0.05) is 22.9 Å². The maximum absolute atomic E-state index is 12.5. The molecule has 0 aliphatic heterocycles. The lowest BCUT2D eigenvalue weighted by molar-refractivity contribution is 0.0480. The van der Waals surface area contributed by atoms with Gasteiger partial charge in [0.15, 0.2) is 5.13 Å². The monoisotopic (exact) mass is 408 g/mol. The van der Waals surface area contributed by atoms with Crippen molar-refractivity contribution in [3.63, 3.8) is 0 Å². The number of nitrogens with zero attached hydrogens (tertiary/aromatic N) is 1. The second-order valence-electron chi connectivity index (χ2n) is 5.43. The molecule has 0 aliphatic carbocycles. The Morgan fingerprint density at radius 2 is 1.85 bits per heavy atom. The van der Waals surface area contributed by atoms with Crippen LogP contribution in [0.25, 0.3) is 10.2 Å². The standard InChI is InChI=1S/C18H17ClN2O5S/c1-4-24-16(22)13-9(3)26-15(14(13)17(23)25-5-2)21-18-20-11-7-6-10(19)8-12(11)27-18/h6-8H,4-5H2,1-3H3,(H,20,21). The molecule has 3 aromatic rings. The number of nitrogens with one attached hydrogen (secondary N) is 1. The zero-order chi connectivity index (χ0) is 19.6. The summed E-state index contributed by atoms with van der Waals surface area (Å²) in [6.45, 7) is 5.28. The van der Waals surface area contributed by atoms with E-state index in [1.807, 2.05) is 0 Å². The summed E-state index contributed by atoms with van der Waals surface area (Å²) in [5.74, 6) is -0.989. The van der Waals surface area contributed by atoms with Gasteiger partial charge < -0.3 is 19.2 Å². The number of aryl methyl sites for hydroxylation is 1. The summed E-state index contributed by atoms with van der Waals surface area (Å²) in [5, 5.41) is 4.06. The third kappa shape index (κ3) is 3.91. The van der Waals surface area contributed by atoms with E-state index in [0.717, 1.165) is 10.2 Å². The second-order valence-corrected chi connectivity index (χ2v) is 6.90. The highest BCUT2D eigenvalue weighted by Gasteiger charge is 2.31. The molecule has 27 heavy (non-hydrogen) atoms. The zero-order valence-electron chi connectivity index (χ0n) is 14.9. The molecule has 142 valence electrons. The second kappa shape index (κ2) is 7.98. The van der Waals surface area contributed by atoms with Crippen molar-refractivity contribution < 1.29 is 23.5 Å². The minimum Gasteiger partial charge on any atom is -0.462 e. The molecular weight excluding hydrogens is 392 g/mol. The van der Waals surface area contributed by atoms with E-state index >= 15 is 0 Å². The van der Waals surface area contributed by atoms with Gasteiger partial charge in [0.25, 0.3) is 0 Å². The van der Waals surface area contributed by atoms with Crippen molar-refractivity contribution in [3.05, 3.63) is 40.1 Å². The van der Waals surface area contributed by atoms with Crippen LogP contribution < -0.4 is 5.32 Å². The van der Waals surface area contributed by atoms with E-state index in [4.69, 9.17) is 25.5 Å². The molecule has 7 nitrogen and oxygen atoms in total. The maximum Gasteiger partial charge on any atom is 0.344 e. The van der Waals surface area contributed by atoms with Gasteiger partial charge in [0, 0.05) is 5.02 Å². The Kier molecular flexibility index (Phi) is 5.67. The number of esters is 2. The zero-order valence-corrected chi connectivity index (χ0v) is 16.5. The van der Waals surface area contributed by atoms with Crippen LogP contribution >= 0.6 is 22.9 Å². The maximum atomic E-state index is 12.5. The Hall–Kier alpha value is -2.58. The number of carbonyl (C=O) groups excluding carboxylic acids is 2. The van der Waals surface area contributed by atoms with Crippen LogP contribution in [0.4, 0.5) is 11.0 Å². The molecular formula is C18H17ClN2O5S. The van der Waals surface area contributed by atoms with Crippen molar-refractivity contribution in [2.24, 2.45) is 0 Å². The summed E-state index contributed by atoms with van der Waals surface area (Å²) in [6.07, 6.45) is 0. The van der Waals surface area contributed by atoms with E-state index in [1.165, 1.54) is 11.3 Å². The van der Waals surface area contributed by atoms with Crippen molar-refractivity contribution in [3.8, 4) is 0 Å². The normalized spacial score (nSPS) is 10.8. The highest BCUT2D eigenvalue weighted by atomic mass is 35.5. The minimum atomic E-state index is -0.677. The van der Waals surface area contributed by atoms with Gasteiger partial charge >= 0.3 is 11.9 Å². The lowest BCUT2D eigenvalue weighted by Gasteiger charge is -2.06. The number of ether oxygens (including phenoxy) is 2. The van der Waals surface area contributed by atoms with Crippen molar-refractivity contribution in [1.82, 2.24) is 4.98 Å². The van der Waals surface area contributed by atoms with Crippen molar-refractivity contribution in [1.29, 1.82) is 0 Å². The smallest absolute Gasteiger partial charge is 0.344 e. The molecule has 0 spiro atoms. The highest BCUT2D eigenvalue weighted by Crippen LogP contribution is 2.34. The summed E-state index contributed by atoms with van der Waals surface area (Å²) >= 11 is 7.34. The van der Waals surface area contributed by atoms with Crippen LogP contribution in [0.2, 0.25) is 5.02 Å². The Morgan fingerprint density at radius 1 is 1.19 bits per heavy atom. The first kappa shape index (κ1) is 19.2. The van der Waals surface area contributed by atoms with Crippen LogP contribution in [-0.2, 0) is 9.47 Å². The highest BCUT2D eigenvalue weighted by molar-refractivity contribution is 7.22. The Morgan fingerprint density at radius 3 is 2.52 bits per heavy atom. The number of aromatic nitrogens is 1. The lowest BCUT2D eigenvalue weighted by Crippen LogP contribution is -2.14. The summed E-state index contributed by atoms with van der Waals surface area (Å²) in [7, 11) is 0. The van der Waals surface area contributed by atoms with Crippen LogP contribution in [0.5, 0.6) is 0 Å². The average molecular weight is 409 g/mol. The number of hydrogen-bond donors (Lipinski definition) is 1. The summed E-state index contributed by atoms with van der Waals surface area (Å²) in [6, 6.07) is 5.33. The summed E-state index contributed by atoms with van der Waals surface area (Å²) in [5.41, 5.74) is 0.783. The number of benzene rings is 1. The van der Waals surface area contributed by atoms with Crippen LogP contribution in [0, 0.1) is 6.92 Å². The SMILES string of the molecule is CCOC(=O)c1c(C)oc(Nc2nc3ccc(Cl)cc3s2)c1C(=O)OCC. The predicted octanol–water partition coefficient (Wildman–Crippen LogP) is 4.95. The molecule has 0 unspecified atom stereocenters. The first-order valence-electron chi connectivity index (χ1n) is 8.25. The van der Waals surface area contributed by atoms with Gasteiger partial charge in [-0.05, 0) is 39.0 Å². The Balaban J connectivity index is 2.03. The van der Waals surface area contributed by atoms with Gasteiger partial charge in [-0.3, -0.25) is 0 Å². The number of furan rings is 1.